The summed E-state index contributed by atoms with van der Waals surface area (Å²) < 4.78 is 10.8. The highest BCUT2D eigenvalue weighted by Gasteiger charge is 2.25. The van der Waals surface area contributed by atoms with E-state index in [0.717, 1.165) is 5.69 Å². The minimum absolute atomic E-state index is 0.267. The van der Waals surface area contributed by atoms with E-state index in [0.29, 0.717) is 34.9 Å². The van der Waals surface area contributed by atoms with Crippen LogP contribution in [0.1, 0.15) is 26.5 Å². The lowest BCUT2D eigenvalue weighted by Gasteiger charge is -2.14. The number of carbonyl (C=O) groups excluding carboxylic acids is 1. The van der Waals surface area contributed by atoms with Gasteiger partial charge in [0.2, 0.25) is 5.91 Å². The van der Waals surface area contributed by atoms with Gasteiger partial charge < -0.3 is 9.73 Å². The minimum Gasteiger partial charge on any atom is -0.461 e. The maximum Gasteiger partial charge on any atom is 0.295 e. The lowest BCUT2D eigenvalue weighted by atomic mass is 10.2. The fraction of sp³-hybridized carbons (Fsp3) is 0.333. The Morgan fingerprint density at radius 1 is 1.12 bits per heavy atom. The van der Waals surface area contributed by atoms with Gasteiger partial charge in [0.25, 0.3) is 5.56 Å². The molecule has 0 aliphatic carbocycles. The summed E-state index contributed by atoms with van der Waals surface area (Å²) in [7, 11) is 1.79. The number of furan rings is 1. The number of nitrogens with one attached hydrogen (secondary N) is 1. The molecule has 4 aromatic rings. The summed E-state index contributed by atoms with van der Waals surface area (Å²) in [5.41, 5.74) is 1.39. The van der Waals surface area contributed by atoms with Crippen molar-refractivity contribution in [3.05, 3.63) is 64.8 Å². The van der Waals surface area contributed by atoms with E-state index in [1.807, 2.05) is 47.9 Å². The molecule has 3 aromatic heterocycles. The molecule has 0 fully saturated rings. The zero-order valence-corrected chi connectivity index (χ0v) is 20.7. The van der Waals surface area contributed by atoms with E-state index in [9.17, 15) is 9.59 Å². The van der Waals surface area contributed by atoms with Crippen LogP contribution >= 0.6 is 11.8 Å². The Balaban J connectivity index is 1.57. The van der Waals surface area contributed by atoms with Gasteiger partial charge in [-0.15, -0.1) is 10.2 Å². The van der Waals surface area contributed by atoms with Crippen LogP contribution in [0, 0.1) is 12.8 Å². The quantitative estimate of drug-likeness (QED) is 0.381. The van der Waals surface area contributed by atoms with Crippen molar-refractivity contribution in [3.63, 3.8) is 0 Å². The molecule has 1 N–H and O–H groups in total. The van der Waals surface area contributed by atoms with E-state index < -0.39 is 5.25 Å². The number of thioether (sulfide) groups is 1. The standard InChI is InChI=1S/C24H28N6O3S/c1-15(2)14-29-21(19-12-9-13-33-19)26-27-24(29)34-17(4)22(31)25-20-16(3)28(5)30(23(20)32)18-10-7-6-8-11-18/h6-13,15,17H,14H2,1-5H3,(H,25,31)/t17-/m0/s1. The van der Waals surface area contributed by atoms with Gasteiger partial charge in [-0.1, -0.05) is 43.8 Å². The van der Waals surface area contributed by atoms with Crippen molar-refractivity contribution in [2.75, 3.05) is 5.32 Å². The number of aromatic nitrogens is 5. The van der Waals surface area contributed by atoms with Gasteiger partial charge in [-0.2, -0.15) is 0 Å². The minimum atomic E-state index is -0.510. The molecule has 1 aromatic carbocycles. The number of rotatable bonds is 8. The Morgan fingerprint density at radius 2 is 1.85 bits per heavy atom. The Morgan fingerprint density at radius 3 is 2.50 bits per heavy atom. The molecule has 178 valence electrons. The second-order valence-electron chi connectivity index (χ2n) is 8.47. The smallest absolute Gasteiger partial charge is 0.295 e. The van der Waals surface area contributed by atoms with Crippen molar-refractivity contribution in [2.24, 2.45) is 13.0 Å². The van der Waals surface area contributed by atoms with Crippen LogP contribution in [-0.2, 0) is 18.4 Å². The number of benzene rings is 1. The van der Waals surface area contributed by atoms with Gasteiger partial charge >= 0.3 is 0 Å². The second-order valence-corrected chi connectivity index (χ2v) is 9.78. The molecule has 9 nitrogen and oxygen atoms in total. The number of anilines is 1. The van der Waals surface area contributed by atoms with Gasteiger partial charge in [-0.3, -0.25) is 18.8 Å². The fourth-order valence-corrected chi connectivity index (χ4v) is 4.50. The molecule has 10 heteroatoms. The van der Waals surface area contributed by atoms with Gasteiger partial charge in [0.15, 0.2) is 16.7 Å². The van der Waals surface area contributed by atoms with Crippen LogP contribution in [0.5, 0.6) is 0 Å². The van der Waals surface area contributed by atoms with Gasteiger partial charge in [0.05, 0.1) is 22.9 Å². The summed E-state index contributed by atoms with van der Waals surface area (Å²) in [4.78, 5) is 26.2. The molecule has 4 rings (SSSR count). The predicted molar refractivity (Wildman–Crippen MR) is 132 cm³/mol. The van der Waals surface area contributed by atoms with E-state index >= 15 is 0 Å². The number of para-hydroxylation sites is 1. The van der Waals surface area contributed by atoms with Crippen molar-refractivity contribution in [3.8, 4) is 17.3 Å². The van der Waals surface area contributed by atoms with Crippen molar-refractivity contribution in [1.29, 1.82) is 0 Å². The molecular weight excluding hydrogens is 452 g/mol. The fourth-order valence-electron chi connectivity index (χ4n) is 3.64. The molecule has 3 heterocycles. The molecule has 1 atom stereocenters. The summed E-state index contributed by atoms with van der Waals surface area (Å²) in [6, 6.07) is 13.0. The highest BCUT2D eigenvalue weighted by Crippen LogP contribution is 2.28. The van der Waals surface area contributed by atoms with Crippen LogP contribution in [0.15, 0.2) is 63.1 Å². The summed E-state index contributed by atoms with van der Waals surface area (Å²) in [5.74, 6) is 1.31. The molecule has 0 aliphatic heterocycles. The molecule has 0 spiro atoms. The number of hydrogen-bond acceptors (Lipinski definition) is 6. The molecule has 0 aliphatic rings. The molecule has 0 saturated carbocycles. The Bertz CT molecular complexity index is 1340. The average molecular weight is 481 g/mol. The van der Waals surface area contributed by atoms with Crippen molar-refractivity contribution < 1.29 is 9.21 Å². The van der Waals surface area contributed by atoms with E-state index in [-0.39, 0.29) is 17.2 Å². The monoisotopic (exact) mass is 480 g/mol. The maximum absolute atomic E-state index is 13.1. The van der Waals surface area contributed by atoms with Crippen LogP contribution in [0.25, 0.3) is 17.3 Å². The van der Waals surface area contributed by atoms with Gasteiger partial charge in [0.1, 0.15) is 5.69 Å². The van der Waals surface area contributed by atoms with Crippen LogP contribution in [0.2, 0.25) is 0 Å². The SMILES string of the molecule is Cc1c(NC(=O)[C@H](C)Sc2nnc(-c3ccco3)n2CC(C)C)c(=O)n(-c2ccccc2)n1C. The zero-order chi connectivity index (χ0) is 24.4. The number of amides is 1. The summed E-state index contributed by atoms with van der Waals surface area (Å²) in [6.07, 6.45) is 1.59. The van der Waals surface area contributed by atoms with E-state index in [2.05, 4.69) is 29.4 Å². The Kier molecular flexibility index (Phi) is 6.78. The van der Waals surface area contributed by atoms with Crippen LogP contribution in [-0.4, -0.2) is 35.3 Å². The summed E-state index contributed by atoms with van der Waals surface area (Å²) >= 11 is 1.30. The van der Waals surface area contributed by atoms with Crippen LogP contribution < -0.4 is 10.9 Å². The lowest BCUT2D eigenvalue weighted by Crippen LogP contribution is -2.27. The van der Waals surface area contributed by atoms with Gasteiger partial charge in [0, 0.05) is 13.6 Å². The number of hydrogen-bond donors (Lipinski definition) is 1. The first-order valence-electron chi connectivity index (χ1n) is 11.1. The van der Waals surface area contributed by atoms with Crippen LogP contribution in [0.3, 0.4) is 0 Å². The maximum atomic E-state index is 13.1. The van der Waals surface area contributed by atoms with E-state index in [1.54, 1.807) is 31.0 Å². The third kappa shape index (κ3) is 4.58. The zero-order valence-electron chi connectivity index (χ0n) is 19.8. The first kappa shape index (κ1) is 23.6. The third-order valence-electron chi connectivity index (χ3n) is 5.46. The van der Waals surface area contributed by atoms with Gasteiger partial charge in [-0.25, -0.2) is 4.68 Å². The molecule has 34 heavy (non-hydrogen) atoms. The highest BCUT2D eigenvalue weighted by molar-refractivity contribution is 8.00. The predicted octanol–water partition coefficient (Wildman–Crippen LogP) is 4.11. The Hall–Kier alpha value is -3.53. The molecule has 0 bridgehead atoms. The first-order valence-corrected chi connectivity index (χ1v) is 11.9. The third-order valence-corrected chi connectivity index (χ3v) is 6.54. The molecule has 1 amide bonds. The second kappa shape index (κ2) is 9.76. The topological polar surface area (TPSA) is 99.9 Å². The molecule has 0 radical (unpaired) electrons. The largest absolute Gasteiger partial charge is 0.461 e. The average Bonchev–Trinajstić information content (AvgIpc) is 3.51. The lowest BCUT2D eigenvalue weighted by molar-refractivity contribution is -0.115. The van der Waals surface area contributed by atoms with Crippen molar-refractivity contribution >= 4 is 23.4 Å². The molecule has 0 unspecified atom stereocenters. The molecule has 0 saturated heterocycles. The summed E-state index contributed by atoms with van der Waals surface area (Å²) in [6.45, 7) is 8.48. The number of nitrogens with zero attached hydrogens (tertiary/aromatic N) is 5. The van der Waals surface area contributed by atoms with E-state index in [1.165, 1.54) is 16.4 Å². The van der Waals surface area contributed by atoms with Crippen molar-refractivity contribution in [2.45, 2.75) is 44.6 Å². The first-order chi connectivity index (χ1) is 16.3. The summed E-state index contributed by atoms with van der Waals surface area (Å²) in [5, 5.41) is 11.6. The Labute approximate surface area is 201 Å². The number of carbonyl (C=O) groups is 1. The van der Waals surface area contributed by atoms with E-state index in [4.69, 9.17) is 4.42 Å². The normalized spacial score (nSPS) is 12.3. The highest BCUT2D eigenvalue weighted by atomic mass is 32.2. The van der Waals surface area contributed by atoms with Crippen LogP contribution in [0.4, 0.5) is 5.69 Å². The van der Waals surface area contributed by atoms with Gasteiger partial charge in [-0.05, 0) is 44.0 Å². The van der Waals surface area contributed by atoms with Crippen molar-refractivity contribution in [1.82, 2.24) is 24.1 Å². The molecular formula is C24H28N6O3S.